The maximum atomic E-state index is 13.0. The van der Waals surface area contributed by atoms with Crippen molar-refractivity contribution in [1.82, 2.24) is 19.7 Å². The molecule has 0 spiro atoms. The summed E-state index contributed by atoms with van der Waals surface area (Å²) in [6.07, 6.45) is -12.7. The van der Waals surface area contributed by atoms with Gasteiger partial charge in [-0.15, -0.1) is 5.10 Å². The van der Waals surface area contributed by atoms with Crippen LogP contribution < -0.4 is 11.0 Å². The van der Waals surface area contributed by atoms with E-state index in [1.165, 1.54) is 36.4 Å². The van der Waals surface area contributed by atoms with E-state index < -0.39 is 61.4 Å². The molecule has 0 saturated heterocycles. The number of nitrogens with zero attached hydrogens (tertiary/aromatic N) is 3. The molecule has 1 heterocycles. The predicted molar refractivity (Wildman–Crippen MR) is 123 cm³/mol. The zero-order valence-corrected chi connectivity index (χ0v) is 20.1. The van der Waals surface area contributed by atoms with E-state index in [1.54, 1.807) is 0 Å². The quantitative estimate of drug-likeness (QED) is 0.345. The summed E-state index contributed by atoms with van der Waals surface area (Å²) in [5.74, 6) is -1.16. The molecular weight excluding hydrogens is 546 g/mol. The highest BCUT2D eigenvalue weighted by Crippen LogP contribution is 2.30. The summed E-state index contributed by atoms with van der Waals surface area (Å²) in [7, 11) is 0. The molecule has 8 nitrogen and oxygen atoms in total. The zero-order valence-electron chi connectivity index (χ0n) is 19.3. The number of rotatable bonds is 9. The highest BCUT2D eigenvalue weighted by molar-refractivity contribution is 6.30. The number of nitrogens with one attached hydrogen (secondary N) is 1. The predicted octanol–water partition coefficient (Wildman–Crippen LogP) is 3.03. The molecule has 0 fully saturated rings. The molecule has 0 radical (unpaired) electrons. The number of carbonyl (C=O) groups is 1. The van der Waals surface area contributed by atoms with Crippen LogP contribution in [-0.2, 0) is 30.5 Å². The number of aromatic nitrogens is 3. The molecule has 0 aliphatic carbocycles. The number of halogens is 7. The first-order valence-corrected chi connectivity index (χ1v) is 11.3. The molecule has 0 aliphatic rings. The molecule has 3 aromatic rings. The number of carbonyl (C=O) groups excluding carboxylic acids is 1. The summed E-state index contributed by atoms with van der Waals surface area (Å²) >= 11 is 5.83. The van der Waals surface area contributed by atoms with Gasteiger partial charge in [-0.25, -0.2) is 9.48 Å². The summed E-state index contributed by atoms with van der Waals surface area (Å²) < 4.78 is 78.9. The van der Waals surface area contributed by atoms with Gasteiger partial charge in [-0.2, -0.15) is 26.3 Å². The lowest BCUT2D eigenvalue weighted by Crippen LogP contribution is -2.43. The lowest BCUT2D eigenvalue weighted by molar-refractivity contribution is -0.207. The van der Waals surface area contributed by atoms with Crippen molar-refractivity contribution in [3.8, 4) is 11.4 Å². The molecule has 0 saturated carbocycles. The number of amides is 1. The summed E-state index contributed by atoms with van der Waals surface area (Å²) in [5.41, 5.74) is -1.69. The van der Waals surface area contributed by atoms with E-state index in [0.717, 1.165) is 12.1 Å². The van der Waals surface area contributed by atoms with Crippen LogP contribution >= 0.6 is 11.6 Å². The molecule has 206 valence electrons. The largest absolute Gasteiger partial charge is 0.416 e. The van der Waals surface area contributed by atoms with Gasteiger partial charge in [0.2, 0.25) is 5.91 Å². The SMILES string of the molecule is O=C(Cn1nc(-c2ccc(Cl)cc2)n(CC(O)C(F)(F)F)c1=O)NC(CO)Cc1cccc(C(F)(F)F)c1. The van der Waals surface area contributed by atoms with Gasteiger partial charge in [0.05, 0.1) is 24.8 Å². The molecule has 2 unspecified atom stereocenters. The number of hydrogen-bond acceptors (Lipinski definition) is 5. The molecule has 3 N–H and O–H groups in total. The normalized spacial score (nSPS) is 13.8. The summed E-state index contributed by atoms with van der Waals surface area (Å²) in [6.45, 7) is -2.64. The first-order valence-electron chi connectivity index (χ1n) is 10.9. The zero-order chi connectivity index (χ0) is 28.3. The number of benzene rings is 2. The molecule has 2 atom stereocenters. The third kappa shape index (κ3) is 7.36. The first kappa shape index (κ1) is 29.2. The molecule has 0 aliphatic heterocycles. The van der Waals surface area contributed by atoms with Gasteiger partial charge in [0.25, 0.3) is 0 Å². The smallest absolute Gasteiger partial charge is 0.394 e. The molecule has 38 heavy (non-hydrogen) atoms. The van der Waals surface area contributed by atoms with E-state index in [1.807, 2.05) is 0 Å². The van der Waals surface area contributed by atoms with Crippen LogP contribution in [0.2, 0.25) is 5.02 Å². The lowest BCUT2D eigenvalue weighted by Gasteiger charge is -2.17. The third-order valence-corrected chi connectivity index (χ3v) is 5.63. The van der Waals surface area contributed by atoms with Gasteiger partial charge in [0, 0.05) is 10.6 Å². The minimum atomic E-state index is -5.03. The fourth-order valence-corrected chi connectivity index (χ4v) is 3.65. The van der Waals surface area contributed by atoms with E-state index in [0.29, 0.717) is 14.3 Å². The van der Waals surface area contributed by atoms with Crippen LogP contribution in [0.25, 0.3) is 11.4 Å². The standard InChI is InChI=1S/C23H21ClF6N4O4/c24-16-6-4-14(5-7-16)20-32-34(21(38)33(20)10-18(36)23(28,29)30)11-19(37)31-17(12-35)9-13-2-1-3-15(8-13)22(25,26)27/h1-8,17-18,35-36H,9-12H2,(H,31,37). The monoisotopic (exact) mass is 566 g/mol. The minimum absolute atomic E-state index is 0.173. The van der Waals surface area contributed by atoms with Crippen LogP contribution in [0.3, 0.4) is 0 Å². The molecule has 2 aromatic carbocycles. The third-order valence-electron chi connectivity index (χ3n) is 5.37. The van der Waals surface area contributed by atoms with E-state index in [4.69, 9.17) is 11.6 Å². The topological polar surface area (TPSA) is 109 Å². The lowest BCUT2D eigenvalue weighted by atomic mass is 10.0. The van der Waals surface area contributed by atoms with Gasteiger partial charge < -0.3 is 15.5 Å². The highest BCUT2D eigenvalue weighted by atomic mass is 35.5. The Kier molecular flexibility index (Phi) is 8.90. The number of aliphatic hydroxyl groups excluding tert-OH is 2. The van der Waals surface area contributed by atoms with Crippen LogP contribution in [0.1, 0.15) is 11.1 Å². The van der Waals surface area contributed by atoms with Crippen molar-refractivity contribution in [2.75, 3.05) is 6.61 Å². The Morgan fingerprint density at radius 2 is 1.74 bits per heavy atom. The molecule has 15 heteroatoms. The van der Waals surface area contributed by atoms with E-state index >= 15 is 0 Å². The van der Waals surface area contributed by atoms with Crippen molar-refractivity contribution in [3.05, 3.63) is 75.2 Å². The number of hydrogen-bond donors (Lipinski definition) is 3. The fourth-order valence-electron chi connectivity index (χ4n) is 3.53. The van der Waals surface area contributed by atoms with E-state index in [-0.39, 0.29) is 23.4 Å². The van der Waals surface area contributed by atoms with Crippen LogP contribution in [0, 0.1) is 0 Å². The van der Waals surface area contributed by atoms with Crippen LogP contribution in [0.15, 0.2) is 53.3 Å². The number of alkyl halides is 6. The van der Waals surface area contributed by atoms with Gasteiger partial charge in [-0.3, -0.25) is 9.36 Å². The van der Waals surface area contributed by atoms with Crippen molar-refractivity contribution in [3.63, 3.8) is 0 Å². The Balaban J connectivity index is 1.82. The van der Waals surface area contributed by atoms with Crippen molar-refractivity contribution in [2.45, 2.75) is 44.0 Å². The van der Waals surface area contributed by atoms with Crippen LogP contribution in [0.4, 0.5) is 26.3 Å². The Bertz CT molecular complexity index is 1320. The Morgan fingerprint density at radius 3 is 2.32 bits per heavy atom. The second-order valence-electron chi connectivity index (χ2n) is 8.29. The van der Waals surface area contributed by atoms with Gasteiger partial charge in [0.15, 0.2) is 11.9 Å². The second-order valence-corrected chi connectivity index (χ2v) is 8.72. The van der Waals surface area contributed by atoms with Crippen molar-refractivity contribution in [1.29, 1.82) is 0 Å². The number of aliphatic hydroxyl groups is 2. The average molecular weight is 567 g/mol. The molecule has 0 bridgehead atoms. The van der Waals surface area contributed by atoms with Gasteiger partial charge in [-0.1, -0.05) is 29.8 Å². The van der Waals surface area contributed by atoms with E-state index in [9.17, 15) is 46.1 Å². The first-order chi connectivity index (χ1) is 17.7. The minimum Gasteiger partial charge on any atom is -0.394 e. The molecule has 3 rings (SSSR count). The maximum absolute atomic E-state index is 13.0. The van der Waals surface area contributed by atoms with Crippen LogP contribution in [-0.4, -0.2) is 55.4 Å². The second kappa shape index (κ2) is 11.6. The maximum Gasteiger partial charge on any atom is 0.416 e. The average Bonchev–Trinajstić information content (AvgIpc) is 3.13. The van der Waals surface area contributed by atoms with Crippen molar-refractivity contribution < 1.29 is 41.4 Å². The molecule has 1 aromatic heterocycles. The van der Waals surface area contributed by atoms with Crippen LogP contribution in [0.5, 0.6) is 0 Å². The Morgan fingerprint density at radius 1 is 1.08 bits per heavy atom. The summed E-state index contributed by atoms with van der Waals surface area (Å²) in [5, 5.41) is 25.7. The van der Waals surface area contributed by atoms with Gasteiger partial charge in [-0.05, 0) is 42.3 Å². The van der Waals surface area contributed by atoms with Crippen molar-refractivity contribution in [2.24, 2.45) is 0 Å². The fraction of sp³-hybridized carbons (Fsp3) is 0.348. The Hall–Kier alpha value is -3.36. The Labute approximate surface area is 216 Å². The van der Waals surface area contributed by atoms with E-state index in [2.05, 4.69) is 10.4 Å². The van der Waals surface area contributed by atoms with Gasteiger partial charge >= 0.3 is 18.0 Å². The van der Waals surface area contributed by atoms with Crippen molar-refractivity contribution >= 4 is 17.5 Å². The summed E-state index contributed by atoms with van der Waals surface area (Å²) in [4.78, 5) is 25.4. The van der Waals surface area contributed by atoms with Gasteiger partial charge in [0.1, 0.15) is 6.54 Å². The highest BCUT2D eigenvalue weighted by Gasteiger charge is 2.39. The summed E-state index contributed by atoms with van der Waals surface area (Å²) in [6, 6.07) is 8.80. The molecular formula is C23H21ClF6N4O4. The molecule has 1 amide bonds.